The number of nitrogens with zero attached hydrogens (tertiary/aromatic N) is 2. The fourth-order valence-electron chi connectivity index (χ4n) is 2.49. The highest BCUT2D eigenvalue weighted by molar-refractivity contribution is 6.31. The molecule has 0 bridgehead atoms. The van der Waals surface area contributed by atoms with Crippen LogP contribution in [-0.2, 0) is 14.3 Å². The van der Waals surface area contributed by atoms with Crippen LogP contribution < -0.4 is 5.73 Å². The van der Waals surface area contributed by atoms with E-state index in [9.17, 15) is 10.1 Å². The van der Waals surface area contributed by atoms with E-state index in [0.29, 0.717) is 11.1 Å². The van der Waals surface area contributed by atoms with Crippen molar-refractivity contribution in [3.8, 4) is 12.1 Å². The van der Waals surface area contributed by atoms with Crippen LogP contribution in [-0.4, -0.2) is 12.6 Å². The molecule has 1 aliphatic heterocycles. The standard InChI is InChI=1S/C17H14ClN3O3/c1-3-23-17(22)14-9(2)24-16(21)12(8-20)15(14)10-4-5-11(7-19)13(18)6-10/h4-6,15H,3,21H2,1-2H3. The van der Waals surface area contributed by atoms with Crippen molar-refractivity contribution in [1.82, 2.24) is 0 Å². The summed E-state index contributed by atoms with van der Waals surface area (Å²) in [6.45, 7) is 3.43. The molecule has 0 saturated heterocycles. The first kappa shape index (κ1) is 17.4. The van der Waals surface area contributed by atoms with E-state index in [2.05, 4.69) is 0 Å². The number of nitriles is 2. The van der Waals surface area contributed by atoms with Crippen LogP contribution in [0.3, 0.4) is 0 Å². The minimum absolute atomic E-state index is 0.0754. The number of halogens is 1. The normalized spacial score (nSPS) is 17.0. The van der Waals surface area contributed by atoms with E-state index in [1.807, 2.05) is 12.1 Å². The number of benzene rings is 1. The second kappa shape index (κ2) is 7.08. The maximum atomic E-state index is 12.4. The van der Waals surface area contributed by atoms with Crippen LogP contribution in [0.4, 0.5) is 0 Å². The molecule has 0 amide bonds. The van der Waals surface area contributed by atoms with Crippen molar-refractivity contribution in [3.63, 3.8) is 0 Å². The second-order valence-electron chi connectivity index (χ2n) is 4.97. The van der Waals surface area contributed by atoms with Crippen molar-refractivity contribution in [2.75, 3.05) is 6.61 Å². The zero-order chi connectivity index (χ0) is 17.9. The number of ether oxygens (including phenoxy) is 2. The van der Waals surface area contributed by atoms with Crippen LogP contribution in [0.25, 0.3) is 0 Å². The third kappa shape index (κ3) is 3.05. The van der Waals surface area contributed by atoms with E-state index < -0.39 is 11.9 Å². The summed E-state index contributed by atoms with van der Waals surface area (Å²) in [5, 5.41) is 18.7. The van der Waals surface area contributed by atoms with Gasteiger partial charge in [-0.1, -0.05) is 17.7 Å². The number of carbonyl (C=O) groups excluding carboxylic acids is 1. The van der Waals surface area contributed by atoms with Crippen LogP contribution >= 0.6 is 11.6 Å². The summed E-state index contributed by atoms with van der Waals surface area (Å²) >= 11 is 6.08. The lowest BCUT2D eigenvalue weighted by Crippen LogP contribution is -2.25. The molecule has 1 unspecified atom stereocenters. The van der Waals surface area contributed by atoms with Crippen molar-refractivity contribution in [1.29, 1.82) is 10.5 Å². The Bertz CT molecular complexity index is 844. The Balaban J connectivity index is 2.65. The summed E-state index contributed by atoms with van der Waals surface area (Å²) in [6.07, 6.45) is 0. The highest BCUT2D eigenvalue weighted by atomic mass is 35.5. The third-order valence-electron chi connectivity index (χ3n) is 3.55. The molecule has 24 heavy (non-hydrogen) atoms. The average molecular weight is 344 g/mol. The van der Waals surface area contributed by atoms with Gasteiger partial charge in [-0.3, -0.25) is 0 Å². The van der Waals surface area contributed by atoms with Gasteiger partial charge in [-0.05, 0) is 31.5 Å². The van der Waals surface area contributed by atoms with E-state index in [0.717, 1.165) is 0 Å². The highest BCUT2D eigenvalue weighted by Crippen LogP contribution is 2.40. The first-order valence-corrected chi connectivity index (χ1v) is 7.47. The summed E-state index contributed by atoms with van der Waals surface area (Å²) in [7, 11) is 0. The minimum Gasteiger partial charge on any atom is -0.463 e. The van der Waals surface area contributed by atoms with E-state index in [1.165, 1.54) is 12.1 Å². The molecule has 0 fully saturated rings. The smallest absolute Gasteiger partial charge is 0.338 e. The Kier molecular flexibility index (Phi) is 5.13. The Labute approximate surface area is 144 Å². The van der Waals surface area contributed by atoms with Crippen LogP contribution in [0.15, 0.2) is 41.0 Å². The molecule has 1 heterocycles. The van der Waals surface area contributed by atoms with Gasteiger partial charge in [0.05, 0.1) is 28.7 Å². The Hall–Kier alpha value is -2.96. The van der Waals surface area contributed by atoms with Gasteiger partial charge in [-0.15, -0.1) is 0 Å². The van der Waals surface area contributed by atoms with Gasteiger partial charge in [-0.25, -0.2) is 4.79 Å². The van der Waals surface area contributed by atoms with Crippen LogP contribution in [0, 0.1) is 22.7 Å². The maximum absolute atomic E-state index is 12.4. The number of nitrogens with two attached hydrogens (primary N) is 1. The van der Waals surface area contributed by atoms with E-state index >= 15 is 0 Å². The number of rotatable bonds is 3. The van der Waals surface area contributed by atoms with E-state index in [1.54, 1.807) is 19.9 Å². The molecule has 0 saturated carbocycles. The molecule has 1 aliphatic rings. The fraction of sp³-hybridized carbons (Fsp3) is 0.235. The first-order valence-electron chi connectivity index (χ1n) is 7.09. The fourth-order valence-corrected chi connectivity index (χ4v) is 2.72. The third-order valence-corrected chi connectivity index (χ3v) is 3.86. The maximum Gasteiger partial charge on any atom is 0.338 e. The quantitative estimate of drug-likeness (QED) is 0.845. The van der Waals surface area contributed by atoms with Gasteiger partial charge < -0.3 is 15.2 Å². The molecule has 2 N–H and O–H groups in total. The molecule has 1 aromatic rings. The molecule has 0 aromatic heterocycles. The predicted octanol–water partition coefficient (Wildman–Crippen LogP) is 2.86. The molecule has 7 heteroatoms. The summed E-state index contributed by atoms with van der Waals surface area (Å²) in [4.78, 5) is 12.4. The lowest BCUT2D eigenvalue weighted by Gasteiger charge is -2.27. The SMILES string of the molecule is CCOC(=O)C1=C(C)OC(N)=C(C#N)C1c1ccc(C#N)c(Cl)c1. The molecule has 0 radical (unpaired) electrons. The zero-order valence-corrected chi connectivity index (χ0v) is 13.8. The molecular formula is C17H14ClN3O3. The van der Waals surface area contributed by atoms with Crippen molar-refractivity contribution in [2.24, 2.45) is 5.73 Å². The van der Waals surface area contributed by atoms with Crippen LogP contribution in [0.2, 0.25) is 5.02 Å². The molecular weight excluding hydrogens is 330 g/mol. The van der Waals surface area contributed by atoms with E-state index in [4.69, 9.17) is 32.1 Å². The van der Waals surface area contributed by atoms with Crippen molar-refractivity contribution in [2.45, 2.75) is 19.8 Å². The summed E-state index contributed by atoms with van der Waals surface area (Å²) in [5.74, 6) is -1.18. The largest absolute Gasteiger partial charge is 0.463 e. The second-order valence-corrected chi connectivity index (χ2v) is 5.37. The van der Waals surface area contributed by atoms with Gasteiger partial charge in [0.15, 0.2) is 0 Å². The number of hydrogen-bond donors (Lipinski definition) is 1. The first-order chi connectivity index (χ1) is 11.4. The number of allylic oxidation sites excluding steroid dienone is 2. The van der Waals surface area contributed by atoms with Crippen LogP contribution in [0.5, 0.6) is 0 Å². The lowest BCUT2D eigenvalue weighted by atomic mass is 9.83. The van der Waals surface area contributed by atoms with Gasteiger partial charge in [0.25, 0.3) is 0 Å². The van der Waals surface area contributed by atoms with Gasteiger partial charge in [0.2, 0.25) is 5.88 Å². The zero-order valence-electron chi connectivity index (χ0n) is 13.1. The van der Waals surface area contributed by atoms with Gasteiger partial charge in [0, 0.05) is 0 Å². The minimum atomic E-state index is -0.770. The monoisotopic (exact) mass is 343 g/mol. The van der Waals surface area contributed by atoms with Gasteiger partial charge >= 0.3 is 5.97 Å². The summed E-state index contributed by atoms with van der Waals surface area (Å²) < 4.78 is 10.4. The number of carbonyl (C=O) groups is 1. The van der Waals surface area contributed by atoms with Crippen LogP contribution in [0.1, 0.15) is 30.9 Å². The lowest BCUT2D eigenvalue weighted by molar-refractivity contribution is -0.139. The molecule has 6 nitrogen and oxygen atoms in total. The highest BCUT2D eigenvalue weighted by Gasteiger charge is 2.36. The van der Waals surface area contributed by atoms with E-state index in [-0.39, 0.29) is 34.4 Å². The predicted molar refractivity (Wildman–Crippen MR) is 86.2 cm³/mol. The number of hydrogen-bond acceptors (Lipinski definition) is 6. The molecule has 1 aromatic carbocycles. The topological polar surface area (TPSA) is 109 Å². The van der Waals surface area contributed by atoms with Gasteiger partial charge in [0.1, 0.15) is 23.5 Å². The van der Waals surface area contributed by atoms with Crippen molar-refractivity contribution in [3.05, 3.63) is 57.1 Å². The Morgan fingerprint density at radius 2 is 2.12 bits per heavy atom. The Morgan fingerprint density at radius 3 is 2.67 bits per heavy atom. The number of esters is 1. The average Bonchev–Trinajstić information content (AvgIpc) is 2.54. The molecule has 0 spiro atoms. The van der Waals surface area contributed by atoms with Crippen molar-refractivity contribution < 1.29 is 14.3 Å². The molecule has 0 aliphatic carbocycles. The summed E-state index contributed by atoms with van der Waals surface area (Å²) in [6, 6.07) is 8.62. The molecule has 122 valence electrons. The summed E-state index contributed by atoms with van der Waals surface area (Å²) in [5.41, 5.74) is 6.91. The van der Waals surface area contributed by atoms with Gasteiger partial charge in [-0.2, -0.15) is 10.5 Å². The molecule has 2 rings (SSSR count). The molecule has 1 atom stereocenters. The van der Waals surface area contributed by atoms with Crippen molar-refractivity contribution >= 4 is 17.6 Å². The Morgan fingerprint density at radius 1 is 1.42 bits per heavy atom.